The fraction of sp³-hybridized carbons (Fsp3) is 0.333. The van der Waals surface area contributed by atoms with E-state index >= 15 is 0 Å². The predicted molar refractivity (Wildman–Crippen MR) is 123 cm³/mol. The Bertz CT molecular complexity index is 937. The van der Waals surface area contributed by atoms with Crippen molar-refractivity contribution in [3.8, 4) is 0 Å². The van der Waals surface area contributed by atoms with Crippen LogP contribution in [0.1, 0.15) is 16.7 Å². The number of hydrogen-bond donors (Lipinski definition) is 2. The molecule has 3 aromatic rings. The summed E-state index contributed by atoms with van der Waals surface area (Å²) in [5.41, 5.74) is 2.93. The zero-order chi connectivity index (χ0) is 22.9. The Balaban J connectivity index is 1.41. The molecule has 0 amide bonds. The van der Waals surface area contributed by atoms with Crippen LogP contribution in [0.3, 0.4) is 0 Å². The molecule has 174 valence electrons. The SMILES string of the molecule is OC1OC(COCc2ccccc2)[C@@H](O)C(OCc2ccccc2)C1OCc1ccccc1. The lowest BCUT2D eigenvalue weighted by Crippen LogP contribution is -2.60. The number of hydrogen-bond acceptors (Lipinski definition) is 6. The Kier molecular flexibility index (Phi) is 8.60. The van der Waals surface area contributed by atoms with Crippen molar-refractivity contribution in [3.05, 3.63) is 108 Å². The van der Waals surface area contributed by atoms with Crippen molar-refractivity contribution in [2.75, 3.05) is 6.61 Å². The van der Waals surface area contributed by atoms with E-state index in [1.807, 2.05) is 91.0 Å². The first-order valence-corrected chi connectivity index (χ1v) is 11.1. The van der Waals surface area contributed by atoms with Gasteiger partial charge in [0.25, 0.3) is 0 Å². The monoisotopic (exact) mass is 450 g/mol. The van der Waals surface area contributed by atoms with E-state index in [9.17, 15) is 10.2 Å². The molecule has 6 heteroatoms. The van der Waals surface area contributed by atoms with Gasteiger partial charge in [0.05, 0.1) is 26.4 Å². The summed E-state index contributed by atoms with van der Waals surface area (Å²) in [6, 6.07) is 29.1. The molecule has 0 bridgehead atoms. The third kappa shape index (κ3) is 6.71. The van der Waals surface area contributed by atoms with E-state index in [-0.39, 0.29) is 19.8 Å². The Morgan fingerprint density at radius 2 is 1.06 bits per heavy atom. The van der Waals surface area contributed by atoms with Gasteiger partial charge in [0.1, 0.15) is 24.4 Å². The summed E-state index contributed by atoms with van der Waals surface area (Å²) in [5.74, 6) is 0. The molecule has 1 heterocycles. The highest BCUT2D eigenvalue weighted by atomic mass is 16.7. The molecule has 4 rings (SSSR count). The Morgan fingerprint density at radius 3 is 1.58 bits per heavy atom. The lowest BCUT2D eigenvalue weighted by atomic mass is 9.98. The molecule has 33 heavy (non-hydrogen) atoms. The molecule has 0 aliphatic carbocycles. The molecule has 5 atom stereocenters. The molecule has 4 unspecified atom stereocenters. The van der Waals surface area contributed by atoms with Gasteiger partial charge >= 0.3 is 0 Å². The lowest BCUT2D eigenvalue weighted by Gasteiger charge is -2.42. The van der Waals surface area contributed by atoms with Crippen molar-refractivity contribution in [2.45, 2.75) is 50.5 Å². The molecular weight excluding hydrogens is 420 g/mol. The average molecular weight is 451 g/mol. The van der Waals surface area contributed by atoms with Crippen molar-refractivity contribution in [1.82, 2.24) is 0 Å². The lowest BCUT2D eigenvalue weighted by molar-refractivity contribution is -0.309. The summed E-state index contributed by atoms with van der Waals surface area (Å²) in [4.78, 5) is 0. The van der Waals surface area contributed by atoms with Crippen molar-refractivity contribution >= 4 is 0 Å². The van der Waals surface area contributed by atoms with Crippen LogP contribution in [-0.4, -0.2) is 47.5 Å². The maximum Gasteiger partial charge on any atom is 0.184 e. The van der Waals surface area contributed by atoms with Crippen LogP contribution in [0.5, 0.6) is 0 Å². The summed E-state index contributed by atoms with van der Waals surface area (Å²) in [5, 5.41) is 21.8. The Labute approximate surface area is 194 Å². The second-order valence-electron chi connectivity index (χ2n) is 8.08. The van der Waals surface area contributed by atoms with E-state index in [1.54, 1.807) is 0 Å². The standard InChI is InChI=1S/C27H30O6/c28-24-23(19-30-16-20-10-4-1-5-11-20)33-27(29)26(32-18-22-14-8-3-9-15-22)25(24)31-17-21-12-6-2-7-13-21/h1-15,23-29H,16-19H2/t23?,24-,25?,26?,27?/m1/s1. The van der Waals surface area contributed by atoms with Crippen molar-refractivity contribution < 1.29 is 29.2 Å². The molecular formula is C27H30O6. The maximum absolute atomic E-state index is 11.1. The van der Waals surface area contributed by atoms with Crippen LogP contribution in [0.2, 0.25) is 0 Å². The van der Waals surface area contributed by atoms with E-state index in [0.717, 1.165) is 16.7 Å². The molecule has 0 spiro atoms. The first kappa shape index (κ1) is 23.6. The molecule has 0 aromatic heterocycles. The van der Waals surface area contributed by atoms with E-state index in [0.29, 0.717) is 6.61 Å². The van der Waals surface area contributed by atoms with Crippen molar-refractivity contribution in [1.29, 1.82) is 0 Å². The van der Waals surface area contributed by atoms with Gasteiger partial charge in [-0.15, -0.1) is 0 Å². The maximum atomic E-state index is 11.1. The number of benzene rings is 3. The second kappa shape index (κ2) is 12.0. The van der Waals surface area contributed by atoms with E-state index in [4.69, 9.17) is 18.9 Å². The topological polar surface area (TPSA) is 77.4 Å². The van der Waals surface area contributed by atoms with E-state index in [1.165, 1.54) is 0 Å². The second-order valence-corrected chi connectivity index (χ2v) is 8.08. The summed E-state index contributed by atoms with van der Waals surface area (Å²) < 4.78 is 23.5. The molecule has 0 radical (unpaired) electrons. The third-order valence-corrected chi connectivity index (χ3v) is 5.60. The van der Waals surface area contributed by atoms with Crippen LogP contribution < -0.4 is 0 Å². The van der Waals surface area contributed by atoms with Crippen LogP contribution in [0, 0.1) is 0 Å². The highest BCUT2D eigenvalue weighted by molar-refractivity contribution is 5.15. The first-order valence-electron chi connectivity index (χ1n) is 11.1. The predicted octanol–water partition coefficient (Wildman–Crippen LogP) is 3.45. The van der Waals surface area contributed by atoms with Crippen LogP contribution in [0.4, 0.5) is 0 Å². The zero-order valence-electron chi connectivity index (χ0n) is 18.4. The Hall–Kier alpha value is -2.58. The summed E-state index contributed by atoms with van der Waals surface area (Å²) in [7, 11) is 0. The zero-order valence-corrected chi connectivity index (χ0v) is 18.4. The largest absolute Gasteiger partial charge is 0.387 e. The summed E-state index contributed by atoms with van der Waals surface area (Å²) >= 11 is 0. The van der Waals surface area contributed by atoms with Crippen molar-refractivity contribution in [2.24, 2.45) is 0 Å². The van der Waals surface area contributed by atoms with E-state index in [2.05, 4.69) is 0 Å². The summed E-state index contributed by atoms with van der Waals surface area (Å²) in [6.45, 7) is 1.04. The van der Waals surface area contributed by atoms with Gasteiger partial charge in [0.15, 0.2) is 6.29 Å². The molecule has 1 aliphatic heterocycles. The molecule has 6 nitrogen and oxygen atoms in total. The molecule has 2 N–H and O–H groups in total. The van der Waals surface area contributed by atoms with Gasteiger partial charge < -0.3 is 29.2 Å². The average Bonchev–Trinajstić information content (AvgIpc) is 2.86. The minimum absolute atomic E-state index is 0.115. The molecule has 1 aliphatic rings. The minimum atomic E-state index is -1.26. The highest BCUT2D eigenvalue weighted by Gasteiger charge is 2.46. The molecule has 1 fully saturated rings. The summed E-state index contributed by atoms with van der Waals surface area (Å²) in [6.07, 6.45) is -4.68. The number of aliphatic hydroxyl groups is 2. The highest BCUT2D eigenvalue weighted by Crippen LogP contribution is 2.27. The van der Waals surface area contributed by atoms with E-state index < -0.39 is 30.7 Å². The van der Waals surface area contributed by atoms with Gasteiger partial charge in [-0.25, -0.2) is 0 Å². The van der Waals surface area contributed by atoms with Gasteiger partial charge in [0, 0.05) is 0 Å². The van der Waals surface area contributed by atoms with Crippen LogP contribution >= 0.6 is 0 Å². The normalized spacial score (nSPS) is 25.1. The minimum Gasteiger partial charge on any atom is -0.387 e. The van der Waals surface area contributed by atoms with Crippen LogP contribution in [-0.2, 0) is 38.8 Å². The van der Waals surface area contributed by atoms with Gasteiger partial charge in [-0.05, 0) is 16.7 Å². The molecule has 3 aromatic carbocycles. The van der Waals surface area contributed by atoms with Crippen LogP contribution in [0.15, 0.2) is 91.0 Å². The molecule has 0 saturated carbocycles. The number of ether oxygens (including phenoxy) is 4. The first-order chi connectivity index (χ1) is 16.2. The van der Waals surface area contributed by atoms with Gasteiger partial charge in [0.2, 0.25) is 0 Å². The molecule has 1 saturated heterocycles. The number of rotatable bonds is 10. The van der Waals surface area contributed by atoms with Crippen LogP contribution in [0.25, 0.3) is 0 Å². The van der Waals surface area contributed by atoms with Gasteiger partial charge in [-0.1, -0.05) is 91.0 Å². The third-order valence-electron chi connectivity index (χ3n) is 5.60. The number of aliphatic hydroxyl groups excluding tert-OH is 2. The van der Waals surface area contributed by atoms with Crippen molar-refractivity contribution in [3.63, 3.8) is 0 Å². The van der Waals surface area contributed by atoms with Gasteiger partial charge in [-0.3, -0.25) is 0 Å². The fourth-order valence-corrected chi connectivity index (χ4v) is 3.81. The smallest absolute Gasteiger partial charge is 0.184 e. The quantitative estimate of drug-likeness (QED) is 0.493. The fourth-order valence-electron chi connectivity index (χ4n) is 3.81. The Morgan fingerprint density at radius 1 is 0.606 bits per heavy atom. The van der Waals surface area contributed by atoms with Gasteiger partial charge in [-0.2, -0.15) is 0 Å².